The van der Waals surface area contributed by atoms with Gasteiger partial charge >= 0.3 is 0 Å². The summed E-state index contributed by atoms with van der Waals surface area (Å²) in [5.74, 6) is 0.974. The number of hydrogen-bond donors (Lipinski definition) is 2. The number of H-pyrrole nitrogens is 1. The summed E-state index contributed by atoms with van der Waals surface area (Å²) in [7, 11) is 0. The molecule has 1 amide bonds. The van der Waals surface area contributed by atoms with Crippen LogP contribution in [0.5, 0.6) is 5.75 Å². The van der Waals surface area contributed by atoms with Gasteiger partial charge in [0.1, 0.15) is 17.4 Å². The summed E-state index contributed by atoms with van der Waals surface area (Å²) in [5, 5.41) is 2.75. The molecule has 6 heteroatoms. The molecule has 0 saturated heterocycles. The Hall–Kier alpha value is -2.37. The molecule has 2 aromatic rings. The summed E-state index contributed by atoms with van der Waals surface area (Å²) in [5.41, 5.74) is 0. The second kappa shape index (κ2) is 7.28. The first-order valence-electron chi connectivity index (χ1n) is 6.37. The number of imidazole rings is 1. The van der Waals surface area contributed by atoms with Crippen molar-refractivity contribution in [1.29, 1.82) is 0 Å². The number of aromatic nitrogens is 2. The molecule has 0 unspecified atom stereocenters. The van der Waals surface area contributed by atoms with Gasteiger partial charge in [-0.3, -0.25) is 4.79 Å². The standard InChI is InChI=1S/C14H16FN3O2/c15-11-3-5-12(6-4-11)20-9-1-2-14(19)18-10-13-16-7-8-17-13/h3-8H,1-2,9-10H2,(H,16,17)(H,18,19). The number of nitrogens with zero attached hydrogens (tertiary/aromatic N) is 1. The number of hydrogen-bond acceptors (Lipinski definition) is 3. The largest absolute Gasteiger partial charge is 0.494 e. The third kappa shape index (κ3) is 4.72. The Balaban J connectivity index is 1.58. The minimum atomic E-state index is -0.297. The molecule has 0 saturated carbocycles. The first-order chi connectivity index (χ1) is 9.74. The number of aromatic amines is 1. The third-order valence-electron chi connectivity index (χ3n) is 2.64. The SMILES string of the molecule is O=C(CCCOc1ccc(F)cc1)NCc1ncc[nH]1. The summed E-state index contributed by atoms with van der Waals surface area (Å²) in [6.07, 6.45) is 4.32. The fraction of sp³-hybridized carbons (Fsp3) is 0.286. The van der Waals surface area contributed by atoms with E-state index in [4.69, 9.17) is 4.74 Å². The number of halogens is 1. The van der Waals surface area contributed by atoms with Crippen LogP contribution in [0.25, 0.3) is 0 Å². The van der Waals surface area contributed by atoms with Gasteiger partial charge in [0.25, 0.3) is 0 Å². The molecule has 20 heavy (non-hydrogen) atoms. The highest BCUT2D eigenvalue weighted by molar-refractivity contribution is 5.75. The highest BCUT2D eigenvalue weighted by atomic mass is 19.1. The number of rotatable bonds is 7. The molecule has 1 aromatic carbocycles. The molecule has 0 aliphatic carbocycles. The maximum Gasteiger partial charge on any atom is 0.220 e. The predicted molar refractivity (Wildman–Crippen MR) is 71.6 cm³/mol. The predicted octanol–water partition coefficient (Wildman–Crippen LogP) is 2.02. The van der Waals surface area contributed by atoms with Crippen molar-refractivity contribution in [2.45, 2.75) is 19.4 Å². The van der Waals surface area contributed by atoms with E-state index in [1.165, 1.54) is 12.1 Å². The van der Waals surface area contributed by atoms with Gasteiger partial charge in [-0.2, -0.15) is 0 Å². The number of amides is 1. The maximum absolute atomic E-state index is 12.7. The molecular formula is C14H16FN3O2. The fourth-order valence-corrected chi connectivity index (χ4v) is 1.62. The fourth-order valence-electron chi connectivity index (χ4n) is 1.62. The van der Waals surface area contributed by atoms with Gasteiger partial charge in [0.15, 0.2) is 0 Å². The van der Waals surface area contributed by atoms with Crippen molar-refractivity contribution in [2.24, 2.45) is 0 Å². The number of nitrogens with one attached hydrogen (secondary N) is 2. The summed E-state index contributed by atoms with van der Waals surface area (Å²) in [4.78, 5) is 18.4. The van der Waals surface area contributed by atoms with E-state index in [1.807, 2.05) is 0 Å². The first kappa shape index (κ1) is 14.0. The molecule has 1 heterocycles. The average Bonchev–Trinajstić information content (AvgIpc) is 2.96. The van der Waals surface area contributed by atoms with E-state index in [9.17, 15) is 9.18 Å². The number of carbonyl (C=O) groups excluding carboxylic acids is 1. The van der Waals surface area contributed by atoms with Crippen LogP contribution in [0.15, 0.2) is 36.7 Å². The lowest BCUT2D eigenvalue weighted by atomic mass is 10.3. The zero-order valence-electron chi connectivity index (χ0n) is 10.9. The van der Waals surface area contributed by atoms with Gasteiger partial charge in [0.2, 0.25) is 5.91 Å². The second-order valence-electron chi connectivity index (χ2n) is 4.22. The Morgan fingerprint density at radius 2 is 2.15 bits per heavy atom. The van der Waals surface area contributed by atoms with Crippen molar-refractivity contribution in [2.75, 3.05) is 6.61 Å². The Labute approximate surface area is 116 Å². The van der Waals surface area contributed by atoms with Crippen LogP contribution in [0.4, 0.5) is 4.39 Å². The summed E-state index contributed by atoms with van der Waals surface area (Å²) in [6, 6.07) is 5.80. The molecule has 2 rings (SSSR count). The number of ether oxygens (including phenoxy) is 1. The van der Waals surface area contributed by atoms with Crippen molar-refractivity contribution >= 4 is 5.91 Å². The monoisotopic (exact) mass is 277 g/mol. The van der Waals surface area contributed by atoms with Crippen LogP contribution in [0.3, 0.4) is 0 Å². The van der Waals surface area contributed by atoms with Gasteiger partial charge in [-0.25, -0.2) is 9.37 Å². The van der Waals surface area contributed by atoms with Gasteiger partial charge in [0.05, 0.1) is 13.2 Å². The van der Waals surface area contributed by atoms with Crippen molar-refractivity contribution in [3.63, 3.8) is 0 Å². The van der Waals surface area contributed by atoms with Crippen LogP contribution in [0.2, 0.25) is 0 Å². The van der Waals surface area contributed by atoms with Crippen LogP contribution in [0, 0.1) is 5.82 Å². The van der Waals surface area contributed by atoms with E-state index in [2.05, 4.69) is 15.3 Å². The minimum absolute atomic E-state index is 0.0518. The lowest BCUT2D eigenvalue weighted by Crippen LogP contribution is -2.23. The molecule has 0 aliphatic rings. The first-order valence-corrected chi connectivity index (χ1v) is 6.37. The van der Waals surface area contributed by atoms with Gasteiger partial charge in [-0.15, -0.1) is 0 Å². The zero-order valence-corrected chi connectivity index (χ0v) is 10.9. The molecule has 0 radical (unpaired) electrons. The Morgan fingerprint density at radius 3 is 2.85 bits per heavy atom. The zero-order chi connectivity index (χ0) is 14.2. The molecule has 0 atom stereocenters. The number of carbonyl (C=O) groups is 1. The van der Waals surface area contributed by atoms with E-state index in [0.29, 0.717) is 31.7 Å². The van der Waals surface area contributed by atoms with Crippen molar-refractivity contribution in [1.82, 2.24) is 15.3 Å². The van der Waals surface area contributed by atoms with Crippen LogP contribution >= 0.6 is 0 Å². The molecule has 0 fully saturated rings. The third-order valence-corrected chi connectivity index (χ3v) is 2.64. The topological polar surface area (TPSA) is 67.0 Å². The van der Waals surface area contributed by atoms with E-state index < -0.39 is 0 Å². The van der Waals surface area contributed by atoms with Crippen LogP contribution in [-0.2, 0) is 11.3 Å². The summed E-state index contributed by atoms with van der Waals surface area (Å²) < 4.78 is 18.1. The normalized spacial score (nSPS) is 10.2. The van der Waals surface area contributed by atoms with Gasteiger partial charge < -0.3 is 15.0 Å². The molecular weight excluding hydrogens is 261 g/mol. The molecule has 2 N–H and O–H groups in total. The van der Waals surface area contributed by atoms with Crippen molar-refractivity contribution in [3.05, 3.63) is 48.3 Å². The second-order valence-corrected chi connectivity index (χ2v) is 4.22. The quantitative estimate of drug-likeness (QED) is 0.761. The summed E-state index contributed by atoms with van der Waals surface area (Å²) >= 11 is 0. The molecule has 106 valence electrons. The van der Waals surface area contributed by atoms with E-state index >= 15 is 0 Å². The van der Waals surface area contributed by atoms with Crippen LogP contribution in [-0.4, -0.2) is 22.5 Å². The van der Waals surface area contributed by atoms with Crippen molar-refractivity contribution < 1.29 is 13.9 Å². The van der Waals surface area contributed by atoms with E-state index in [1.54, 1.807) is 24.5 Å². The molecule has 0 spiro atoms. The molecule has 0 aliphatic heterocycles. The van der Waals surface area contributed by atoms with Crippen LogP contribution < -0.4 is 10.1 Å². The van der Waals surface area contributed by atoms with E-state index in [0.717, 1.165) is 5.82 Å². The Kier molecular flexibility index (Phi) is 5.11. The average molecular weight is 277 g/mol. The van der Waals surface area contributed by atoms with Gasteiger partial charge in [0, 0.05) is 18.8 Å². The summed E-state index contributed by atoms with van der Waals surface area (Å²) in [6.45, 7) is 0.810. The molecule has 1 aromatic heterocycles. The smallest absolute Gasteiger partial charge is 0.220 e. The van der Waals surface area contributed by atoms with Crippen molar-refractivity contribution in [3.8, 4) is 5.75 Å². The highest BCUT2D eigenvalue weighted by Gasteiger charge is 2.02. The minimum Gasteiger partial charge on any atom is -0.494 e. The Bertz CT molecular complexity index is 526. The van der Waals surface area contributed by atoms with Gasteiger partial charge in [-0.1, -0.05) is 0 Å². The Morgan fingerprint density at radius 1 is 1.35 bits per heavy atom. The molecule has 0 bridgehead atoms. The highest BCUT2D eigenvalue weighted by Crippen LogP contribution is 2.11. The van der Waals surface area contributed by atoms with Gasteiger partial charge in [-0.05, 0) is 30.7 Å². The van der Waals surface area contributed by atoms with E-state index in [-0.39, 0.29) is 11.7 Å². The molecule has 5 nitrogen and oxygen atoms in total. The lowest BCUT2D eigenvalue weighted by molar-refractivity contribution is -0.121. The maximum atomic E-state index is 12.7. The lowest BCUT2D eigenvalue weighted by Gasteiger charge is -2.06. The van der Waals surface area contributed by atoms with Crippen LogP contribution in [0.1, 0.15) is 18.7 Å². The number of benzene rings is 1.